The smallest absolute Gasteiger partial charge is 0.313 e. The normalized spacial score (nSPS) is 22.5. The summed E-state index contributed by atoms with van der Waals surface area (Å²) in [4.78, 5) is 15.7. The van der Waals surface area contributed by atoms with Crippen molar-refractivity contribution < 1.29 is 14.1 Å². The number of ether oxygens (including phenoxy) is 1. The largest absolute Gasteiger partial charge is 0.487 e. The highest BCUT2D eigenvalue weighted by Crippen LogP contribution is 2.48. The molecule has 0 saturated carbocycles. The summed E-state index contributed by atoms with van der Waals surface area (Å²) in [7, 11) is 0. The molecule has 0 N–H and O–H groups in total. The van der Waals surface area contributed by atoms with Gasteiger partial charge in [-0.05, 0) is 36.1 Å². The number of benzene rings is 2. The maximum atomic E-state index is 13.3. The van der Waals surface area contributed by atoms with E-state index < -0.39 is 10.7 Å². The molecule has 2 atom stereocenters. The number of halogens is 1. The molecule has 3 heterocycles. The predicted molar refractivity (Wildman–Crippen MR) is 121 cm³/mol. The first-order valence-corrected chi connectivity index (χ1v) is 12.0. The number of thioether (sulfide) groups is 1. The number of rotatable bonds is 6. The van der Waals surface area contributed by atoms with Crippen molar-refractivity contribution in [1.29, 1.82) is 0 Å². The van der Waals surface area contributed by atoms with Gasteiger partial charge >= 0.3 is 5.69 Å². The van der Waals surface area contributed by atoms with Crippen molar-refractivity contribution in [2.75, 3.05) is 43.4 Å². The van der Waals surface area contributed by atoms with Crippen molar-refractivity contribution in [2.45, 2.75) is 30.6 Å². The fraction of sp³-hybridized carbons (Fsp3) is 0.478. The molecule has 0 aliphatic carbocycles. The highest BCUT2D eigenvalue weighted by Gasteiger charge is 2.42. The van der Waals surface area contributed by atoms with Crippen molar-refractivity contribution in [3.05, 3.63) is 63.5 Å². The van der Waals surface area contributed by atoms with Crippen LogP contribution in [0.15, 0.2) is 36.4 Å². The van der Waals surface area contributed by atoms with Crippen LogP contribution in [-0.4, -0.2) is 54.4 Å². The topological polar surface area (TPSA) is 58.9 Å². The van der Waals surface area contributed by atoms with Crippen molar-refractivity contribution in [3.8, 4) is 5.75 Å². The molecule has 164 valence electrons. The van der Waals surface area contributed by atoms with E-state index in [4.69, 9.17) is 4.74 Å². The number of anilines is 1. The number of nitro groups is 1. The second kappa shape index (κ2) is 8.67. The quantitative estimate of drug-likeness (QED) is 0.374. The molecule has 1 fully saturated rings. The standard InChI is InChI=1S/C23H26FN3O3S/c24-17-5-6-22(21(13-17)27(28)29)30-11-2-8-25-9-7-20-19(14-25)18-4-1-3-16-15-31-12-10-26(20)23(16)18/h1,3-6,13,19-20H,2,7-12,14-15H2/t19-,20-/m0/s1. The molecule has 0 radical (unpaired) electrons. The highest BCUT2D eigenvalue weighted by atomic mass is 32.2. The fourth-order valence-corrected chi connectivity index (χ4v) is 6.20. The lowest BCUT2D eigenvalue weighted by Gasteiger charge is -2.39. The molecule has 0 amide bonds. The monoisotopic (exact) mass is 443 g/mol. The molecule has 2 aromatic rings. The predicted octanol–water partition coefficient (Wildman–Crippen LogP) is 4.43. The molecule has 1 saturated heterocycles. The van der Waals surface area contributed by atoms with E-state index >= 15 is 0 Å². The number of nitro benzene ring substituents is 1. The van der Waals surface area contributed by atoms with Crippen LogP contribution in [-0.2, 0) is 5.75 Å². The molecule has 0 bridgehead atoms. The van der Waals surface area contributed by atoms with E-state index in [2.05, 4.69) is 28.0 Å². The van der Waals surface area contributed by atoms with Crippen LogP contribution in [0.5, 0.6) is 5.75 Å². The number of likely N-dealkylation sites (tertiary alicyclic amines) is 1. The lowest BCUT2D eigenvalue weighted by atomic mass is 9.88. The van der Waals surface area contributed by atoms with Crippen molar-refractivity contribution in [1.82, 2.24) is 4.90 Å². The third-order valence-electron chi connectivity index (χ3n) is 6.63. The van der Waals surface area contributed by atoms with Gasteiger partial charge in [-0.3, -0.25) is 10.1 Å². The molecule has 3 aliphatic rings. The average molecular weight is 444 g/mol. The highest BCUT2D eigenvalue weighted by molar-refractivity contribution is 7.98. The lowest BCUT2D eigenvalue weighted by molar-refractivity contribution is -0.386. The molecule has 6 nitrogen and oxygen atoms in total. The fourth-order valence-electron chi connectivity index (χ4n) is 5.28. The van der Waals surface area contributed by atoms with Gasteiger partial charge < -0.3 is 14.5 Å². The molecule has 2 aromatic carbocycles. The summed E-state index contributed by atoms with van der Waals surface area (Å²) in [5.41, 5.74) is 4.17. The zero-order valence-electron chi connectivity index (χ0n) is 17.3. The Balaban J connectivity index is 1.20. The van der Waals surface area contributed by atoms with Crippen molar-refractivity contribution >= 4 is 23.1 Å². The molecule has 8 heteroatoms. The summed E-state index contributed by atoms with van der Waals surface area (Å²) in [6, 6.07) is 10.8. The minimum atomic E-state index is -0.630. The van der Waals surface area contributed by atoms with Gasteiger partial charge in [-0.1, -0.05) is 18.2 Å². The lowest BCUT2D eigenvalue weighted by Crippen LogP contribution is -2.47. The maximum absolute atomic E-state index is 13.3. The number of hydrogen-bond donors (Lipinski definition) is 0. The van der Waals surface area contributed by atoms with Crippen molar-refractivity contribution in [3.63, 3.8) is 0 Å². The summed E-state index contributed by atoms with van der Waals surface area (Å²) in [6.45, 7) is 4.51. The van der Waals surface area contributed by atoms with E-state index in [-0.39, 0.29) is 11.4 Å². The van der Waals surface area contributed by atoms with Gasteiger partial charge in [0.15, 0.2) is 5.75 Å². The van der Waals surface area contributed by atoms with Crippen LogP contribution in [0.25, 0.3) is 0 Å². The summed E-state index contributed by atoms with van der Waals surface area (Å²) >= 11 is 2.03. The van der Waals surface area contributed by atoms with Crippen LogP contribution in [0, 0.1) is 15.9 Å². The van der Waals surface area contributed by atoms with E-state index in [0.717, 1.165) is 50.8 Å². The molecule has 0 spiro atoms. The Hall–Kier alpha value is -2.32. The maximum Gasteiger partial charge on any atom is 0.313 e. The van der Waals surface area contributed by atoms with Crippen LogP contribution in [0.1, 0.15) is 29.9 Å². The molecule has 31 heavy (non-hydrogen) atoms. The number of para-hydroxylation sites is 1. The molecular formula is C23H26FN3O3S. The zero-order chi connectivity index (χ0) is 21.4. The first-order chi connectivity index (χ1) is 15.1. The van der Waals surface area contributed by atoms with E-state index in [1.165, 1.54) is 34.7 Å². The van der Waals surface area contributed by atoms with Gasteiger partial charge in [0.05, 0.1) is 17.6 Å². The molecule has 0 unspecified atom stereocenters. The average Bonchev–Trinajstić information content (AvgIpc) is 2.92. The first-order valence-electron chi connectivity index (χ1n) is 10.9. The summed E-state index contributed by atoms with van der Waals surface area (Å²) < 4.78 is 18.9. The van der Waals surface area contributed by atoms with Crippen molar-refractivity contribution in [2.24, 2.45) is 0 Å². The van der Waals surface area contributed by atoms with Gasteiger partial charge in [0.1, 0.15) is 5.82 Å². The third kappa shape index (κ3) is 3.99. The van der Waals surface area contributed by atoms with Gasteiger partial charge in [-0.15, -0.1) is 0 Å². The third-order valence-corrected chi connectivity index (χ3v) is 7.61. The second-order valence-electron chi connectivity index (χ2n) is 8.44. The van der Waals surface area contributed by atoms with Crippen LogP contribution in [0.2, 0.25) is 0 Å². The Morgan fingerprint density at radius 2 is 2.16 bits per heavy atom. The number of hydrogen-bond acceptors (Lipinski definition) is 6. The van der Waals surface area contributed by atoms with Crippen LogP contribution >= 0.6 is 11.8 Å². The molecule has 5 rings (SSSR count). The van der Waals surface area contributed by atoms with Gasteiger partial charge in [0.25, 0.3) is 0 Å². The second-order valence-corrected chi connectivity index (χ2v) is 9.54. The Morgan fingerprint density at radius 3 is 3.03 bits per heavy atom. The Morgan fingerprint density at radius 1 is 1.26 bits per heavy atom. The van der Waals surface area contributed by atoms with E-state index in [0.29, 0.717) is 18.6 Å². The van der Waals surface area contributed by atoms with E-state index in [9.17, 15) is 14.5 Å². The van der Waals surface area contributed by atoms with Gasteiger partial charge in [0, 0.05) is 55.3 Å². The molecule has 3 aliphatic heterocycles. The number of piperidine rings is 1. The van der Waals surface area contributed by atoms with Gasteiger partial charge in [-0.2, -0.15) is 11.8 Å². The van der Waals surface area contributed by atoms with E-state index in [1.54, 1.807) is 0 Å². The minimum absolute atomic E-state index is 0.130. The van der Waals surface area contributed by atoms with Gasteiger partial charge in [-0.25, -0.2) is 4.39 Å². The number of fused-ring (bicyclic) bond motifs is 3. The van der Waals surface area contributed by atoms with Gasteiger partial charge in [0.2, 0.25) is 0 Å². The minimum Gasteiger partial charge on any atom is -0.487 e. The first kappa shape index (κ1) is 20.6. The SMILES string of the molecule is O=[N+]([O-])c1cc(F)ccc1OCCCN1CC[C@H]2[C@@H](C1)c1cccc3c1N2CCSC3. The molecular weight excluding hydrogens is 417 g/mol. The van der Waals surface area contributed by atoms with Crippen LogP contribution in [0.4, 0.5) is 15.8 Å². The number of nitrogens with zero attached hydrogens (tertiary/aromatic N) is 3. The Bertz CT molecular complexity index is 989. The summed E-state index contributed by atoms with van der Waals surface area (Å²) in [5, 5.41) is 11.1. The summed E-state index contributed by atoms with van der Waals surface area (Å²) in [6.07, 6.45) is 1.94. The Kier molecular flexibility index (Phi) is 5.75. The van der Waals surface area contributed by atoms with Crippen LogP contribution < -0.4 is 9.64 Å². The Labute approximate surface area is 185 Å². The zero-order valence-corrected chi connectivity index (χ0v) is 18.2. The summed E-state index contributed by atoms with van der Waals surface area (Å²) in [5.74, 6) is 2.34. The van der Waals surface area contributed by atoms with E-state index in [1.807, 2.05) is 11.8 Å². The molecule has 0 aromatic heterocycles. The van der Waals surface area contributed by atoms with Crippen LogP contribution in [0.3, 0.4) is 0 Å².